The molecule has 2 N–H and O–H groups in total. The van der Waals surface area contributed by atoms with E-state index in [1.165, 1.54) is 5.56 Å². The van der Waals surface area contributed by atoms with E-state index in [-0.39, 0.29) is 30.7 Å². The molecule has 1 amide bonds. The van der Waals surface area contributed by atoms with Crippen molar-refractivity contribution in [3.05, 3.63) is 34.9 Å². The lowest BCUT2D eigenvalue weighted by atomic mass is 9.99. The average Bonchev–Trinajstić information content (AvgIpc) is 2.26. The minimum Gasteiger partial charge on any atom is -0.481 e. The fourth-order valence-electron chi connectivity index (χ4n) is 2.38. The number of amides is 1. The molecule has 20 heavy (non-hydrogen) atoms. The summed E-state index contributed by atoms with van der Waals surface area (Å²) in [6.07, 6.45) is 0.257. The van der Waals surface area contributed by atoms with Gasteiger partial charge in [0.1, 0.15) is 0 Å². The molecule has 2 atom stereocenters. The Morgan fingerprint density at radius 1 is 1.20 bits per heavy atom. The maximum absolute atomic E-state index is 11.9. The Morgan fingerprint density at radius 3 is 2.40 bits per heavy atom. The van der Waals surface area contributed by atoms with Crippen LogP contribution < -0.4 is 5.32 Å². The number of aliphatic carboxylic acids is 1. The Kier molecular flexibility index (Phi) is 5.74. The van der Waals surface area contributed by atoms with Crippen LogP contribution >= 0.6 is 0 Å². The zero-order valence-electron chi connectivity index (χ0n) is 12.6. The molecular formula is C16H23NO3. The molecule has 2 unspecified atom stereocenters. The first-order valence-electron chi connectivity index (χ1n) is 6.88. The van der Waals surface area contributed by atoms with Crippen molar-refractivity contribution in [3.63, 3.8) is 0 Å². The summed E-state index contributed by atoms with van der Waals surface area (Å²) in [5.74, 6) is -1.13. The summed E-state index contributed by atoms with van der Waals surface area (Å²) in [5.41, 5.74) is 3.44. The molecule has 110 valence electrons. The van der Waals surface area contributed by atoms with E-state index in [2.05, 4.69) is 11.4 Å². The van der Waals surface area contributed by atoms with E-state index in [4.69, 9.17) is 5.11 Å². The summed E-state index contributed by atoms with van der Waals surface area (Å²) in [7, 11) is 0. The molecule has 0 heterocycles. The number of carbonyl (C=O) groups excluding carboxylic acids is 1. The summed E-state index contributed by atoms with van der Waals surface area (Å²) in [5, 5.41) is 11.6. The van der Waals surface area contributed by atoms with Crippen molar-refractivity contribution in [1.82, 2.24) is 5.32 Å². The lowest BCUT2D eigenvalue weighted by Gasteiger charge is -2.18. The van der Waals surface area contributed by atoms with Gasteiger partial charge in [-0.05, 0) is 37.8 Å². The zero-order valence-corrected chi connectivity index (χ0v) is 12.6. The van der Waals surface area contributed by atoms with E-state index >= 15 is 0 Å². The summed E-state index contributed by atoms with van der Waals surface area (Å²) >= 11 is 0. The van der Waals surface area contributed by atoms with Gasteiger partial charge in [-0.1, -0.05) is 30.7 Å². The van der Waals surface area contributed by atoms with Gasteiger partial charge < -0.3 is 10.4 Å². The van der Waals surface area contributed by atoms with Gasteiger partial charge in [-0.2, -0.15) is 0 Å². The molecule has 4 heteroatoms. The monoisotopic (exact) mass is 277 g/mol. The molecule has 0 aliphatic heterocycles. The molecule has 0 aromatic heterocycles. The van der Waals surface area contributed by atoms with E-state index < -0.39 is 5.97 Å². The summed E-state index contributed by atoms with van der Waals surface area (Å²) in [6, 6.07) is 6.07. The third kappa shape index (κ3) is 5.03. The molecule has 0 spiro atoms. The number of rotatable bonds is 6. The predicted octanol–water partition coefficient (Wildman–Crippen LogP) is 2.98. The summed E-state index contributed by atoms with van der Waals surface area (Å²) in [4.78, 5) is 22.5. The van der Waals surface area contributed by atoms with Crippen LogP contribution in [0, 0.1) is 19.8 Å². The number of hydrogen-bond acceptors (Lipinski definition) is 2. The SMILES string of the molecule is Cc1ccc(C(C)NC(=O)CC(C)CC(=O)O)c(C)c1. The summed E-state index contributed by atoms with van der Waals surface area (Å²) in [6.45, 7) is 7.78. The van der Waals surface area contributed by atoms with Crippen molar-refractivity contribution in [1.29, 1.82) is 0 Å². The second-order valence-electron chi connectivity index (χ2n) is 5.56. The largest absolute Gasteiger partial charge is 0.481 e. The molecule has 0 aliphatic rings. The van der Waals surface area contributed by atoms with Gasteiger partial charge in [0.05, 0.1) is 6.04 Å². The molecule has 0 fully saturated rings. The van der Waals surface area contributed by atoms with Crippen molar-refractivity contribution < 1.29 is 14.7 Å². The summed E-state index contributed by atoms with van der Waals surface area (Å²) < 4.78 is 0. The Balaban J connectivity index is 2.59. The van der Waals surface area contributed by atoms with Gasteiger partial charge in [0.15, 0.2) is 0 Å². The van der Waals surface area contributed by atoms with Gasteiger partial charge in [-0.25, -0.2) is 0 Å². The van der Waals surface area contributed by atoms with Crippen LogP contribution in [0.5, 0.6) is 0 Å². The van der Waals surface area contributed by atoms with Gasteiger partial charge in [0, 0.05) is 12.8 Å². The van der Waals surface area contributed by atoms with E-state index in [1.54, 1.807) is 6.92 Å². The highest BCUT2D eigenvalue weighted by atomic mass is 16.4. The number of carbonyl (C=O) groups is 2. The second-order valence-corrected chi connectivity index (χ2v) is 5.56. The Hall–Kier alpha value is -1.84. The minimum atomic E-state index is -0.868. The molecule has 0 radical (unpaired) electrons. The van der Waals surface area contributed by atoms with Crippen LogP contribution in [-0.4, -0.2) is 17.0 Å². The van der Waals surface area contributed by atoms with Crippen molar-refractivity contribution in [2.75, 3.05) is 0 Å². The third-order valence-electron chi connectivity index (χ3n) is 3.33. The van der Waals surface area contributed by atoms with Crippen molar-refractivity contribution >= 4 is 11.9 Å². The van der Waals surface area contributed by atoms with Crippen LogP contribution in [0.3, 0.4) is 0 Å². The quantitative estimate of drug-likeness (QED) is 0.840. The molecule has 1 rings (SSSR count). The van der Waals surface area contributed by atoms with Crippen molar-refractivity contribution in [2.45, 2.75) is 46.6 Å². The van der Waals surface area contributed by atoms with Crippen LogP contribution in [0.25, 0.3) is 0 Å². The fourth-order valence-corrected chi connectivity index (χ4v) is 2.38. The lowest BCUT2D eigenvalue weighted by molar-refractivity contribution is -0.138. The number of nitrogens with one attached hydrogen (secondary N) is 1. The molecule has 0 saturated carbocycles. The zero-order chi connectivity index (χ0) is 15.3. The first-order valence-corrected chi connectivity index (χ1v) is 6.88. The Labute approximate surface area is 120 Å². The second kappa shape index (κ2) is 7.08. The lowest BCUT2D eigenvalue weighted by Crippen LogP contribution is -2.28. The smallest absolute Gasteiger partial charge is 0.303 e. The topological polar surface area (TPSA) is 66.4 Å². The van der Waals surface area contributed by atoms with Gasteiger partial charge in [-0.3, -0.25) is 9.59 Å². The average molecular weight is 277 g/mol. The van der Waals surface area contributed by atoms with Gasteiger partial charge in [0.2, 0.25) is 5.91 Å². The number of benzene rings is 1. The van der Waals surface area contributed by atoms with Gasteiger partial charge in [0.25, 0.3) is 0 Å². The highest BCUT2D eigenvalue weighted by molar-refractivity contribution is 5.77. The molecule has 0 aliphatic carbocycles. The van der Waals surface area contributed by atoms with Gasteiger partial charge >= 0.3 is 5.97 Å². The van der Waals surface area contributed by atoms with Crippen LogP contribution in [0.2, 0.25) is 0 Å². The normalized spacial score (nSPS) is 13.6. The maximum Gasteiger partial charge on any atom is 0.303 e. The first kappa shape index (κ1) is 16.2. The number of aryl methyl sites for hydroxylation is 2. The molecule has 1 aromatic carbocycles. The molecular weight excluding hydrogens is 254 g/mol. The number of hydrogen-bond donors (Lipinski definition) is 2. The van der Waals surface area contributed by atoms with Crippen LogP contribution in [0.4, 0.5) is 0 Å². The molecule has 4 nitrogen and oxygen atoms in total. The molecule has 0 bridgehead atoms. The van der Waals surface area contributed by atoms with E-state index in [1.807, 2.05) is 32.9 Å². The maximum atomic E-state index is 11.9. The molecule has 0 saturated heterocycles. The highest BCUT2D eigenvalue weighted by Crippen LogP contribution is 2.19. The highest BCUT2D eigenvalue weighted by Gasteiger charge is 2.16. The molecule has 1 aromatic rings. The van der Waals surface area contributed by atoms with Gasteiger partial charge in [-0.15, -0.1) is 0 Å². The Bertz CT molecular complexity index is 496. The first-order chi connectivity index (χ1) is 9.29. The van der Waals surface area contributed by atoms with E-state index in [0.717, 1.165) is 11.1 Å². The van der Waals surface area contributed by atoms with E-state index in [0.29, 0.717) is 0 Å². The number of carboxylic acids is 1. The van der Waals surface area contributed by atoms with Crippen LogP contribution in [-0.2, 0) is 9.59 Å². The third-order valence-corrected chi connectivity index (χ3v) is 3.33. The van der Waals surface area contributed by atoms with Crippen molar-refractivity contribution in [2.24, 2.45) is 5.92 Å². The number of carboxylic acid groups (broad SMARTS) is 1. The van der Waals surface area contributed by atoms with Crippen LogP contribution in [0.15, 0.2) is 18.2 Å². The standard InChI is InChI=1S/C16H23NO3/c1-10-5-6-14(12(3)7-10)13(4)17-15(18)8-11(2)9-16(19)20/h5-7,11,13H,8-9H2,1-4H3,(H,17,18)(H,19,20). The van der Waals surface area contributed by atoms with E-state index in [9.17, 15) is 9.59 Å². The minimum absolute atomic E-state index is 0.0192. The van der Waals surface area contributed by atoms with Crippen LogP contribution in [0.1, 0.15) is 49.4 Å². The predicted molar refractivity (Wildman–Crippen MR) is 78.5 cm³/mol. The van der Waals surface area contributed by atoms with Crippen molar-refractivity contribution in [3.8, 4) is 0 Å². The fraction of sp³-hybridized carbons (Fsp3) is 0.500. The Morgan fingerprint density at radius 2 is 1.85 bits per heavy atom.